The highest BCUT2D eigenvalue weighted by Crippen LogP contribution is 2.45. The predicted octanol–water partition coefficient (Wildman–Crippen LogP) is 4.39. The van der Waals surface area contributed by atoms with Crippen molar-refractivity contribution in [1.82, 2.24) is 0 Å². The number of nitrogens with two attached hydrogens (primary N) is 1. The summed E-state index contributed by atoms with van der Waals surface area (Å²) >= 11 is 1.76. The molecule has 0 spiro atoms. The first kappa shape index (κ1) is 24.7. The number of nitrogens with zero attached hydrogens (tertiary/aromatic N) is 2. The van der Waals surface area contributed by atoms with Crippen LogP contribution in [-0.4, -0.2) is 43.7 Å². The summed E-state index contributed by atoms with van der Waals surface area (Å²) in [6, 6.07) is 16.5. The Bertz CT molecular complexity index is 1110. The topological polar surface area (TPSA) is 86.9 Å². The van der Waals surface area contributed by atoms with Crippen molar-refractivity contribution in [2.75, 3.05) is 35.2 Å². The Balaban J connectivity index is 0.00000289. The lowest BCUT2D eigenvalue weighted by Gasteiger charge is -2.29. The zero-order valence-corrected chi connectivity index (χ0v) is 20.1. The minimum absolute atomic E-state index is 0. The van der Waals surface area contributed by atoms with Gasteiger partial charge in [-0.2, -0.15) is 8.42 Å². The molecule has 172 valence electrons. The molecule has 0 saturated carbocycles. The number of para-hydroxylation sites is 2. The number of halogens is 1. The molecule has 6 nitrogen and oxygen atoms in total. The second kappa shape index (κ2) is 10.8. The van der Waals surface area contributed by atoms with E-state index in [2.05, 4.69) is 52.4 Å². The third-order valence-corrected chi connectivity index (χ3v) is 7.45. The van der Waals surface area contributed by atoms with Crippen molar-refractivity contribution in [3.8, 4) is 0 Å². The SMILES string of the molecule is Cl.NCCCN1C=CC(=CC2Sc3ccccc3N2CCCS(=O)(=O)O)c2ccccc21. The molecule has 2 heterocycles. The van der Waals surface area contributed by atoms with Gasteiger partial charge in [-0.05, 0) is 55.3 Å². The maximum atomic E-state index is 11.2. The number of rotatable bonds is 8. The van der Waals surface area contributed by atoms with Crippen LogP contribution in [0.3, 0.4) is 0 Å². The third kappa shape index (κ3) is 5.68. The molecule has 32 heavy (non-hydrogen) atoms. The molecule has 2 aromatic carbocycles. The summed E-state index contributed by atoms with van der Waals surface area (Å²) < 4.78 is 31.5. The van der Waals surface area contributed by atoms with Crippen LogP contribution < -0.4 is 15.5 Å². The lowest BCUT2D eigenvalue weighted by Crippen LogP contribution is -2.30. The molecule has 0 radical (unpaired) electrons. The highest BCUT2D eigenvalue weighted by Gasteiger charge is 2.29. The number of anilines is 2. The van der Waals surface area contributed by atoms with E-state index in [1.165, 1.54) is 16.1 Å². The Morgan fingerprint density at radius 1 is 1.03 bits per heavy atom. The Morgan fingerprint density at radius 2 is 1.75 bits per heavy atom. The van der Waals surface area contributed by atoms with Gasteiger partial charge in [-0.25, -0.2) is 0 Å². The van der Waals surface area contributed by atoms with E-state index in [1.54, 1.807) is 11.8 Å². The molecular formula is C23H28ClN3O3S2. The molecule has 2 aromatic rings. The van der Waals surface area contributed by atoms with Crippen molar-refractivity contribution in [2.45, 2.75) is 23.1 Å². The van der Waals surface area contributed by atoms with Gasteiger partial charge in [-0.1, -0.05) is 42.1 Å². The van der Waals surface area contributed by atoms with Crippen LogP contribution >= 0.6 is 24.2 Å². The van der Waals surface area contributed by atoms with Crippen LogP contribution in [0.25, 0.3) is 5.57 Å². The molecule has 0 aromatic heterocycles. The van der Waals surface area contributed by atoms with Crippen LogP contribution in [0.1, 0.15) is 18.4 Å². The Hall–Kier alpha value is -1.97. The fourth-order valence-electron chi connectivity index (χ4n) is 3.98. The van der Waals surface area contributed by atoms with Gasteiger partial charge in [0.15, 0.2) is 0 Å². The van der Waals surface area contributed by atoms with E-state index in [-0.39, 0.29) is 23.5 Å². The normalized spacial score (nSPS) is 18.4. The number of allylic oxidation sites excluding steroid dienone is 2. The first-order valence-electron chi connectivity index (χ1n) is 10.4. The fourth-order valence-corrected chi connectivity index (χ4v) is 5.76. The van der Waals surface area contributed by atoms with Gasteiger partial charge >= 0.3 is 0 Å². The minimum atomic E-state index is -3.97. The second-order valence-corrected chi connectivity index (χ2v) is 10.3. The predicted molar refractivity (Wildman–Crippen MR) is 136 cm³/mol. The van der Waals surface area contributed by atoms with Crippen LogP contribution in [0.5, 0.6) is 0 Å². The quantitative estimate of drug-likeness (QED) is 0.527. The molecule has 2 aliphatic heterocycles. The summed E-state index contributed by atoms with van der Waals surface area (Å²) in [5.41, 5.74) is 10.3. The monoisotopic (exact) mass is 493 g/mol. The molecule has 0 amide bonds. The molecule has 0 aliphatic carbocycles. The van der Waals surface area contributed by atoms with Crippen molar-refractivity contribution in [1.29, 1.82) is 0 Å². The summed E-state index contributed by atoms with van der Waals surface area (Å²) in [7, 11) is -3.97. The number of fused-ring (bicyclic) bond motifs is 2. The fraction of sp³-hybridized carbons (Fsp3) is 0.304. The van der Waals surface area contributed by atoms with Crippen molar-refractivity contribution in [3.05, 3.63) is 72.4 Å². The molecule has 0 saturated heterocycles. The van der Waals surface area contributed by atoms with Gasteiger partial charge in [0.25, 0.3) is 10.1 Å². The highest BCUT2D eigenvalue weighted by molar-refractivity contribution is 8.00. The molecule has 9 heteroatoms. The van der Waals surface area contributed by atoms with Crippen molar-refractivity contribution in [3.63, 3.8) is 0 Å². The van der Waals surface area contributed by atoms with Gasteiger partial charge in [0.1, 0.15) is 0 Å². The van der Waals surface area contributed by atoms with Crippen LogP contribution in [0, 0.1) is 0 Å². The maximum absolute atomic E-state index is 11.2. The summed E-state index contributed by atoms with van der Waals surface area (Å²) in [4.78, 5) is 5.63. The van der Waals surface area contributed by atoms with Gasteiger partial charge in [0, 0.05) is 35.4 Å². The van der Waals surface area contributed by atoms with Crippen molar-refractivity contribution < 1.29 is 13.0 Å². The van der Waals surface area contributed by atoms with Crippen molar-refractivity contribution >= 4 is 51.2 Å². The van der Waals surface area contributed by atoms with Crippen LogP contribution in [0.4, 0.5) is 11.4 Å². The molecule has 1 unspecified atom stereocenters. The van der Waals surface area contributed by atoms with Crippen LogP contribution in [0.2, 0.25) is 0 Å². The molecule has 0 fully saturated rings. The zero-order valence-electron chi connectivity index (χ0n) is 17.6. The average molecular weight is 494 g/mol. The molecule has 4 rings (SSSR count). The van der Waals surface area contributed by atoms with E-state index >= 15 is 0 Å². The Labute approximate surface area is 200 Å². The molecule has 0 bridgehead atoms. The molecular weight excluding hydrogens is 466 g/mol. The van der Waals surface area contributed by atoms with Crippen molar-refractivity contribution in [2.24, 2.45) is 5.73 Å². The Kier molecular flexibility index (Phi) is 8.30. The summed E-state index contributed by atoms with van der Waals surface area (Å²) in [6.07, 6.45) is 7.78. The first-order valence-corrected chi connectivity index (χ1v) is 12.9. The summed E-state index contributed by atoms with van der Waals surface area (Å²) in [5.74, 6) is -0.238. The standard InChI is InChI=1S/C23H27N3O3S2.ClH/c24-12-5-13-25-15-11-18(19-7-1-2-8-20(19)25)17-23-26(14-6-16-31(27,28)29)21-9-3-4-10-22(21)30-23;/h1-4,7-11,15,17,23H,5-6,12-14,16,24H2,(H,27,28,29);1H. The van der Waals surface area contributed by atoms with Crippen LogP contribution in [0.15, 0.2) is 71.8 Å². The van der Waals surface area contributed by atoms with Gasteiger partial charge < -0.3 is 15.5 Å². The van der Waals surface area contributed by atoms with E-state index in [9.17, 15) is 8.42 Å². The Morgan fingerprint density at radius 3 is 2.50 bits per heavy atom. The molecule has 3 N–H and O–H groups in total. The number of thioether (sulfide) groups is 1. The maximum Gasteiger partial charge on any atom is 0.264 e. The smallest absolute Gasteiger partial charge is 0.264 e. The van der Waals surface area contributed by atoms with Gasteiger partial charge in [0.2, 0.25) is 0 Å². The van der Waals surface area contributed by atoms with Gasteiger partial charge in [-0.15, -0.1) is 12.4 Å². The van der Waals surface area contributed by atoms with E-state index in [1.807, 2.05) is 24.3 Å². The third-order valence-electron chi connectivity index (χ3n) is 5.41. The molecule has 2 aliphatic rings. The first-order chi connectivity index (χ1) is 15.0. The largest absolute Gasteiger partial charge is 0.355 e. The number of benzene rings is 2. The van der Waals surface area contributed by atoms with Crippen LogP contribution in [-0.2, 0) is 10.1 Å². The van der Waals surface area contributed by atoms with Gasteiger partial charge in [0.05, 0.1) is 16.8 Å². The lowest BCUT2D eigenvalue weighted by molar-refractivity contribution is 0.481. The zero-order chi connectivity index (χ0) is 21.8. The average Bonchev–Trinajstić information content (AvgIpc) is 3.09. The highest BCUT2D eigenvalue weighted by atomic mass is 35.5. The van der Waals surface area contributed by atoms with Gasteiger partial charge in [-0.3, -0.25) is 4.55 Å². The van der Waals surface area contributed by atoms with E-state index in [0.717, 1.165) is 24.2 Å². The molecule has 1 atom stereocenters. The lowest BCUT2D eigenvalue weighted by atomic mass is 9.99. The minimum Gasteiger partial charge on any atom is -0.355 e. The number of hydrogen-bond acceptors (Lipinski definition) is 6. The summed E-state index contributed by atoms with van der Waals surface area (Å²) in [5, 5.41) is 0.0436. The van der Waals surface area contributed by atoms with E-state index in [0.29, 0.717) is 19.5 Å². The van der Waals surface area contributed by atoms with E-state index < -0.39 is 10.1 Å². The second-order valence-electron chi connectivity index (χ2n) is 7.60. The van der Waals surface area contributed by atoms with E-state index in [4.69, 9.17) is 10.3 Å². The summed E-state index contributed by atoms with van der Waals surface area (Å²) in [6.45, 7) is 2.08. The number of hydrogen-bond donors (Lipinski definition) is 2.